The van der Waals surface area contributed by atoms with Crippen molar-refractivity contribution in [2.45, 2.75) is 50.9 Å². The molecule has 3 N–H and O–H groups in total. The quantitative estimate of drug-likeness (QED) is 0.692. The van der Waals surface area contributed by atoms with Crippen LogP contribution in [0.3, 0.4) is 0 Å². The van der Waals surface area contributed by atoms with E-state index >= 15 is 0 Å². The maximum atomic E-state index is 12.2. The lowest BCUT2D eigenvalue weighted by Gasteiger charge is -2.43. The van der Waals surface area contributed by atoms with Crippen molar-refractivity contribution in [2.75, 3.05) is 13.2 Å². The molecule has 0 aromatic rings. The lowest BCUT2D eigenvalue weighted by Crippen LogP contribution is -2.55. The highest BCUT2D eigenvalue weighted by atomic mass is 16.6. The summed E-state index contributed by atoms with van der Waals surface area (Å²) in [6.07, 6.45) is 0.661. The van der Waals surface area contributed by atoms with Gasteiger partial charge in [0.05, 0.1) is 18.3 Å². The van der Waals surface area contributed by atoms with Crippen molar-refractivity contribution in [3.05, 3.63) is 0 Å². The fourth-order valence-corrected chi connectivity index (χ4v) is 2.88. The highest BCUT2D eigenvalue weighted by Gasteiger charge is 2.71. The molecule has 2 saturated heterocycles. The van der Waals surface area contributed by atoms with Crippen LogP contribution in [0.1, 0.15) is 33.6 Å². The Labute approximate surface area is 101 Å². The molecule has 98 valence electrons. The van der Waals surface area contributed by atoms with Crippen molar-refractivity contribution in [3.63, 3.8) is 0 Å². The largest absolute Gasteiger partial charge is 0.459 e. The van der Waals surface area contributed by atoms with E-state index in [0.29, 0.717) is 19.4 Å². The lowest BCUT2D eigenvalue weighted by molar-refractivity contribution is -0.174. The maximum Gasteiger partial charge on any atom is 0.315 e. The van der Waals surface area contributed by atoms with E-state index in [1.54, 1.807) is 0 Å². The Morgan fingerprint density at radius 3 is 2.53 bits per heavy atom. The van der Waals surface area contributed by atoms with Crippen LogP contribution in [0.25, 0.3) is 0 Å². The second-order valence-electron chi connectivity index (χ2n) is 6.19. The van der Waals surface area contributed by atoms with Gasteiger partial charge in [0, 0.05) is 6.54 Å². The summed E-state index contributed by atoms with van der Waals surface area (Å²) < 4.78 is 11.1. The number of carbonyl (C=O) groups excluding carboxylic acids is 1. The van der Waals surface area contributed by atoms with Crippen LogP contribution in [-0.2, 0) is 14.3 Å². The van der Waals surface area contributed by atoms with Crippen LogP contribution in [0.5, 0.6) is 0 Å². The number of esters is 1. The first-order chi connectivity index (χ1) is 7.77. The highest BCUT2D eigenvalue weighted by molar-refractivity contribution is 5.81. The van der Waals surface area contributed by atoms with E-state index in [2.05, 4.69) is 0 Å². The van der Waals surface area contributed by atoms with Gasteiger partial charge in [-0.2, -0.15) is 0 Å². The Balaban J connectivity index is 2.13. The van der Waals surface area contributed by atoms with E-state index in [1.807, 2.05) is 20.8 Å². The summed E-state index contributed by atoms with van der Waals surface area (Å²) in [5.74, 6) is -0.273. The molecule has 0 aromatic heterocycles. The van der Waals surface area contributed by atoms with E-state index in [9.17, 15) is 9.90 Å². The molecule has 3 aliphatic rings. The third kappa shape index (κ3) is 1.86. The third-order valence-corrected chi connectivity index (χ3v) is 3.63. The standard InChI is InChI=1S/C12H21NO4/c1-10(2,3)17-9(15)12-5-11(6-12,7-13)16-8(12)4-14/h8,14H,4-7,13H2,1-3H3. The summed E-state index contributed by atoms with van der Waals surface area (Å²) in [4.78, 5) is 12.2. The third-order valence-electron chi connectivity index (χ3n) is 3.63. The smallest absolute Gasteiger partial charge is 0.315 e. The summed E-state index contributed by atoms with van der Waals surface area (Å²) >= 11 is 0. The predicted octanol–water partition coefficient (Wildman–Crippen LogP) is 0.197. The van der Waals surface area contributed by atoms with Crippen LogP contribution in [0, 0.1) is 5.41 Å². The van der Waals surface area contributed by atoms with Gasteiger partial charge in [-0.15, -0.1) is 0 Å². The molecule has 0 amide bonds. The fourth-order valence-electron chi connectivity index (χ4n) is 2.88. The van der Waals surface area contributed by atoms with Gasteiger partial charge in [0.2, 0.25) is 0 Å². The summed E-state index contributed by atoms with van der Waals surface area (Å²) in [6, 6.07) is 0. The van der Waals surface area contributed by atoms with E-state index < -0.39 is 22.7 Å². The molecule has 0 aromatic carbocycles. The molecule has 5 nitrogen and oxygen atoms in total. The number of hydrogen-bond acceptors (Lipinski definition) is 5. The minimum absolute atomic E-state index is 0.166. The maximum absolute atomic E-state index is 12.2. The van der Waals surface area contributed by atoms with Crippen molar-refractivity contribution < 1.29 is 19.4 Å². The molecule has 0 radical (unpaired) electrons. The zero-order valence-electron chi connectivity index (χ0n) is 10.7. The summed E-state index contributed by atoms with van der Waals surface area (Å²) in [5, 5.41) is 9.31. The minimum atomic E-state index is -0.679. The zero-order valence-corrected chi connectivity index (χ0v) is 10.7. The average molecular weight is 243 g/mol. The van der Waals surface area contributed by atoms with Gasteiger partial charge in [0.25, 0.3) is 0 Å². The SMILES string of the molecule is CC(C)(C)OC(=O)C12CC(CN)(C1)OC2CO. The average Bonchev–Trinajstić information content (AvgIpc) is 2.64. The molecule has 1 saturated carbocycles. The number of carbonyl (C=O) groups is 1. The highest BCUT2D eigenvalue weighted by Crippen LogP contribution is 2.61. The van der Waals surface area contributed by atoms with Gasteiger partial charge in [-0.1, -0.05) is 0 Å². The topological polar surface area (TPSA) is 81.8 Å². The molecule has 2 heterocycles. The van der Waals surface area contributed by atoms with Crippen molar-refractivity contribution in [3.8, 4) is 0 Å². The van der Waals surface area contributed by atoms with E-state index in [4.69, 9.17) is 15.2 Å². The molecule has 0 spiro atoms. The van der Waals surface area contributed by atoms with Crippen LogP contribution in [-0.4, -0.2) is 41.5 Å². The molecular formula is C12H21NO4. The molecule has 5 heteroatoms. The second-order valence-corrected chi connectivity index (χ2v) is 6.19. The molecule has 1 aliphatic carbocycles. The monoisotopic (exact) mass is 243 g/mol. The second kappa shape index (κ2) is 3.67. The molecule has 3 fully saturated rings. The van der Waals surface area contributed by atoms with Crippen LogP contribution in [0.2, 0.25) is 0 Å². The molecule has 17 heavy (non-hydrogen) atoms. The Bertz CT molecular complexity index is 328. The predicted molar refractivity (Wildman–Crippen MR) is 61.3 cm³/mol. The Kier molecular flexibility index (Phi) is 2.76. The van der Waals surface area contributed by atoms with Gasteiger partial charge < -0.3 is 20.3 Å². The lowest BCUT2D eigenvalue weighted by atomic mass is 9.60. The van der Waals surface area contributed by atoms with Gasteiger partial charge in [0.1, 0.15) is 11.0 Å². The van der Waals surface area contributed by atoms with Crippen LogP contribution < -0.4 is 5.73 Å². The molecule has 2 aliphatic heterocycles. The Hall–Kier alpha value is -0.650. The first-order valence-corrected chi connectivity index (χ1v) is 5.99. The molecule has 1 unspecified atom stereocenters. The summed E-state index contributed by atoms with van der Waals surface area (Å²) in [5.41, 5.74) is 4.04. The van der Waals surface area contributed by atoms with Crippen LogP contribution in [0.4, 0.5) is 0 Å². The number of aliphatic hydroxyl groups excluding tert-OH is 1. The van der Waals surface area contributed by atoms with Crippen LogP contribution >= 0.6 is 0 Å². The first-order valence-electron chi connectivity index (χ1n) is 5.99. The minimum Gasteiger partial charge on any atom is -0.459 e. The van der Waals surface area contributed by atoms with Gasteiger partial charge in [0.15, 0.2) is 0 Å². The van der Waals surface area contributed by atoms with E-state index in [0.717, 1.165) is 0 Å². The number of rotatable bonds is 3. The van der Waals surface area contributed by atoms with E-state index in [-0.39, 0.29) is 12.6 Å². The van der Waals surface area contributed by atoms with Gasteiger partial charge in [-0.3, -0.25) is 4.79 Å². The number of hydrogen-bond donors (Lipinski definition) is 2. The number of fused-ring (bicyclic) bond motifs is 1. The number of aliphatic hydroxyl groups is 1. The Morgan fingerprint density at radius 2 is 2.12 bits per heavy atom. The fraction of sp³-hybridized carbons (Fsp3) is 0.917. The zero-order chi connectivity index (χ0) is 12.9. The van der Waals surface area contributed by atoms with Crippen molar-refractivity contribution in [1.29, 1.82) is 0 Å². The first kappa shape index (κ1) is 12.8. The van der Waals surface area contributed by atoms with Crippen molar-refractivity contribution in [1.82, 2.24) is 0 Å². The summed E-state index contributed by atoms with van der Waals surface area (Å²) in [7, 11) is 0. The Morgan fingerprint density at radius 1 is 1.53 bits per heavy atom. The number of ether oxygens (including phenoxy) is 2. The molecule has 2 bridgehead atoms. The van der Waals surface area contributed by atoms with Crippen LogP contribution in [0.15, 0.2) is 0 Å². The number of nitrogens with two attached hydrogens (primary N) is 1. The van der Waals surface area contributed by atoms with Gasteiger partial charge in [-0.05, 0) is 33.6 Å². The molecule has 3 rings (SSSR count). The van der Waals surface area contributed by atoms with E-state index in [1.165, 1.54) is 0 Å². The van der Waals surface area contributed by atoms with Gasteiger partial charge >= 0.3 is 5.97 Å². The van der Waals surface area contributed by atoms with Crippen molar-refractivity contribution in [2.24, 2.45) is 11.1 Å². The summed E-state index contributed by atoms with van der Waals surface area (Å²) in [6.45, 7) is 5.72. The molecule has 1 atom stereocenters. The van der Waals surface area contributed by atoms with Gasteiger partial charge in [-0.25, -0.2) is 0 Å². The van der Waals surface area contributed by atoms with Crippen molar-refractivity contribution >= 4 is 5.97 Å². The normalized spacial score (nSPS) is 39.9. The molecular weight excluding hydrogens is 222 g/mol.